The molecule has 0 aliphatic rings. The standard InChI is InChI=1S/C9H17N3OS/c1-4-12(6-7-13-5-2)9-10-8(3)11-14-9/h4-7H2,1-3H3. The molecule has 0 saturated heterocycles. The highest BCUT2D eigenvalue weighted by molar-refractivity contribution is 7.09. The van der Waals surface area contributed by atoms with E-state index in [4.69, 9.17) is 4.74 Å². The summed E-state index contributed by atoms with van der Waals surface area (Å²) in [6.07, 6.45) is 0. The third kappa shape index (κ3) is 3.23. The van der Waals surface area contributed by atoms with Crippen molar-refractivity contribution in [2.75, 3.05) is 31.2 Å². The van der Waals surface area contributed by atoms with Crippen molar-refractivity contribution in [2.24, 2.45) is 0 Å². The minimum atomic E-state index is 0.753. The molecule has 0 saturated carbocycles. The predicted octanol–water partition coefficient (Wildman–Crippen LogP) is 1.71. The largest absolute Gasteiger partial charge is 0.380 e. The number of rotatable bonds is 6. The number of anilines is 1. The normalized spacial score (nSPS) is 10.5. The smallest absolute Gasteiger partial charge is 0.205 e. The van der Waals surface area contributed by atoms with Crippen LogP contribution in [-0.4, -0.2) is 35.7 Å². The molecule has 0 N–H and O–H groups in total. The van der Waals surface area contributed by atoms with Crippen molar-refractivity contribution in [2.45, 2.75) is 20.8 Å². The lowest BCUT2D eigenvalue weighted by Gasteiger charge is -2.18. The summed E-state index contributed by atoms with van der Waals surface area (Å²) in [6, 6.07) is 0. The lowest BCUT2D eigenvalue weighted by atomic mass is 10.5. The first-order valence-corrected chi connectivity index (χ1v) is 5.68. The quantitative estimate of drug-likeness (QED) is 0.677. The molecule has 0 fully saturated rings. The van der Waals surface area contributed by atoms with E-state index in [1.165, 1.54) is 11.5 Å². The fraction of sp³-hybridized carbons (Fsp3) is 0.778. The molecule has 14 heavy (non-hydrogen) atoms. The maximum Gasteiger partial charge on any atom is 0.205 e. The van der Waals surface area contributed by atoms with Gasteiger partial charge in [-0.05, 0) is 20.8 Å². The molecule has 1 heterocycles. The Labute approximate surface area is 89.1 Å². The van der Waals surface area contributed by atoms with Gasteiger partial charge in [-0.1, -0.05) is 0 Å². The van der Waals surface area contributed by atoms with Gasteiger partial charge in [0.15, 0.2) is 0 Å². The first-order chi connectivity index (χ1) is 6.77. The molecular weight excluding hydrogens is 198 g/mol. The van der Waals surface area contributed by atoms with Crippen molar-refractivity contribution >= 4 is 16.7 Å². The lowest BCUT2D eigenvalue weighted by molar-refractivity contribution is 0.154. The Hall–Kier alpha value is -0.680. The van der Waals surface area contributed by atoms with Crippen molar-refractivity contribution in [1.29, 1.82) is 0 Å². The Morgan fingerprint density at radius 2 is 2.21 bits per heavy atom. The van der Waals surface area contributed by atoms with Gasteiger partial charge in [-0.2, -0.15) is 4.37 Å². The molecule has 4 nitrogen and oxygen atoms in total. The zero-order valence-corrected chi connectivity index (χ0v) is 9.80. The second kappa shape index (κ2) is 5.93. The van der Waals surface area contributed by atoms with Crippen molar-refractivity contribution in [3.05, 3.63) is 5.82 Å². The van der Waals surface area contributed by atoms with Crippen molar-refractivity contribution < 1.29 is 4.74 Å². The monoisotopic (exact) mass is 215 g/mol. The van der Waals surface area contributed by atoms with Gasteiger partial charge in [0.2, 0.25) is 5.13 Å². The summed E-state index contributed by atoms with van der Waals surface area (Å²) in [5, 5.41) is 0.990. The van der Waals surface area contributed by atoms with Gasteiger partial charge in [0.05, 0.1) is 6.61 Å². The van der Waals surface area contributed by atoms with Crippen LogP contribution in [0.25, 0.3) is 0 Å². The van der Waals surface area contributed by atoms with Crippen LogP contribution in [0.2, 0.25) is 0 Å². The summed E-state index contributed by atoms with van der Waals surface area (Å²) in [4.78, 5) is 6.52. The summed E-state index contributed by atoms with van der Waals surface area (Å²) < 4.78 is 9.47. The van der Waals surface area contributed by atoms with E-state index in [1.54, 1.807) is 0 Å². The van der Waals surface area contributed by atoms with Crippen molar-refractivity contribution in [3.8, 4) is 0 Å². The summed E-state index contributed by atoms with van der Waals surface area (Å²) in [5.41, 5.74) is 0. The van der Waals surface area contributed by atoms with E-state index in [0.717, 1.165) is 37.3 Å². The second-order valence-corrected chi connectivity index (χ2v) is 3.63. The number of hydrogen-bond acceptors (Lipinski definition) is 5. The molecular formula is C9H17N3OS. The number of likely N-dealkylation sites (N-methyl/N-ethyl adjacent to an activating group) is 1. The zero-order valence-electron chi connectivity index (χ0n) is 8.99. The third-order valence-electron chi connectivity index (χ3n) is 1.88. The van der Waals surface area contributed by atoms with Crippen LogP contribution in [-0.2, 0) is 4.74 Å². The molecule has 0 aliphatic heterocycles. The van der Waals surface area contributed by atoms with Gasteiger partial charge in [0, 0.05) is 31.2 Å². The highest BCUT2D eigenvalue weighted by Gasteiger charge is 2.08. The number of ether oxygens (including phenoxy) is 1. The van der Waals surface area contributed by atoms with Crippen LogP contribution in [0.4, 0.5) is 5.13 Å². The van der Waals surface area contributed by atoms with Gasteiger partial charge in [0.1, 0.15) is 5.82 Å². The van der Waals surface area contributed by atoms with Crippen LogP contribution >= 0.6 is 11.5 Å². The molecule has 1 rings (SSSR count). The molecule has 5 heteroatoms. The summed E-state index contributed by atoms with van der Waals surface area (Å²) >= 11 is 1.45. The zero-order chi connectivity index (χ0) is 10.4. The van der Waals surface area contributed by atoms with Crippen LogP contribution in [0.1, 0.15) is 19.7 Å². The molecule has 1 aromatic rings. The van der Waals surface area contributed by atoms with Gasteiger partial charge in [-0.3, -0.25) is 0 Å². The fourth-order valence-corrected chi connectivity index (χ4v) is 1.89. The molecule has 80 valence electrons. The van der Waals surface area contributed by atoms with E-state index in [0.29, 0.717) is 0 Å². The second-order valence-electron chi connectivity index (χ2n) is 2.90. The molecule has 0 spiro atoms. The summed E-state index contributed by atoms with van der Waals surface area (Å²) in [5.74, 6) is 0.847. The van der Waals surface area contributed by atoms with Crippen molar-refractivity contribution in [1.82, 2.24) is 9.36 Å². The van der Waals surface area contributed by atoms with Gasteiger partial charge >= 0.3 is 0 Å². The molecule has 0 radical (unpaired) electrons. The average Bonchev–Trinajstić information content (AvgIpc) is 2.60. The van der Waals surface area contributed by atoms with E-state index >= 15 is 0 Å². The van der Waals surface area contributed by atoms with Crippen LogP contribution in [0, 0.1) is 6.92 Å². The Bertz CT molecular complexity index is 264. The minimum Gasteiger partial charge on any atom is -0.380 e. The lowest BCUT2D eigenvalue weighted by Crippen LogP contribution is -2.27. The van der Waals surface area contributed by atoms with Gasteiger partial charge in [0.25, 0.3) is 0 Å². The maximum atomic E-state index is 5.31. The molecule has 0 aliphatic carbocycles. The van der Waals surface area contributed by atoms with Crippen LogP contribution in [0.3, 0.4) is 0 Å². The van der Waals surface area contributed by atoms with E-state index in [2.05, 4.69) is 21.2 Å². The topological polar surface area (TPSA) is 38.2 Å². The molecule has 0 bridgehead atoms. The highest BCUT2D eigenvalue weighted by Crippen LogP contribution is 2.15. The molecule has 1 aromatic heterocycles. The van der Waals surface area contributed by atoms with Crippen LogP contribution in [0.5, 0.6) is 0 Å². The number of hydrogen-bond donors (Lipinski definition) is 0. The number of aromatic nitrogens is 2. The predicted molar refractivity (Wildman–Crippen MR) is 59.0 cm³/mol. The molecule has 0 unspecified atom stereocenters. The Morgan fingerprint density at radius 3 is 2.71 bits per heavy atom. The molecule has 0 aromatic carbocycles. The first kappa shape index (κ1) is 11.4. The van der Waals surface area contributed by atoms with Gasteiger partial charge in [-0.15, -0.1) is 0 Å². The van der Waals surface area contributed by atoms with E-state index in [1.807, 2.05) is 13.8 Å². The van der Waals surface area contributed by atoms with Crippen molar-refractivity contribution in [3.63, 3.8) is 0 Å². The summed E-state index contributed by atoms with van der Waals surface area (Å²) in [7, 11) is 0. The van der Waals surface area contributed by atoms with E-state index in [9.17, 15) is 0 Å². The number of nitrogens with zero attached hydrogens (tertiary/aromatic N) is 3. The molecule has 0 atom stereocenters. The van der Waals surface area contributed by atoms with E-state index < -0.39 is 0 Å². The third-order valence-corrected chi connectivity index (χ3v) is 2.75. The highest BCUT2D eigenvalue weighted by atomic mass is 32.1. The Kier molecular flexibility index (Phi) is 4.82. The SMILES string of the molecule is CCOCCN(CC)c1nc(C)ns1. The maximum absolute atomic E-state index is 5.31. The van der Waals surface area contributed by atoms with Crippen LogP contribution < -0.4 is 4.90 Å². The minimum absolute atomic E-state index is 0.753. The Morgan fingerprint density at radius 1 is 1.43 bits per heavy atom. The average molecular weight is 215 g/mol. The first-order valence-electron chi connectivity index (χ1n) is 4.91. The molecule has 0 amide bonds. The summed E-state index contributed by atoms with van der Waals surface area (Å²) in [6.45, 7) is 9.39. The fourth-order valence-electron chi connectivity index (χ4n) is 1.12. The van der Waals surface area contributed by atoms with E-state index in [-0.39, 0.29) is 0 Å². The van der Waals surface area contributed by atoms with Gasteiger partial charge < -0.3 is 9.64 Å². The van der Waals surface area contributed by atoms with Gasteiger partial charge in [-0.25, -0.2) is 4.98 Å². The van der Waals surface area contributed by atoms with Crippen LogP contribution in [0.15, 0.2) is 0 Å². The Balaban J connectivity index is 2.45. The number of aryl methyl sites for hydroxylation is 1.